The smallest absolute Gasteiger partial charge is 0.274 e. The first-order chi connectivity index (χ1) is 15.7. The third kappa shape index (κ3) is 3.68. The summed E-state index contributed by atoms with van der Waals surface area (Å²) in [7, 11) is 1.58. The van der Waals surface area contributed by atoms with Gasteiger partial charge in [-0.3, -0.25) is 4.79 Å². The summed E-state index contributed by atoms with van der Waals surface area (Å²) in [5.74, 6) is -0.544. The van der Waals surface area contributed by atoms with Gasteiger partial charge in [-0.1, -0.05) is 11.3 Å². The van der Waals surface area contributed by atoms with Gasteiger partial charge in [-0.2, -0.15) is 5.10 Å². The summed E-state index contributed by atoms with van der Waals surface area (Å²) in [6, 6.07) is 4.63. The monoisotopic (exact) mass is 465 g/mol. The minimum atomic E-state index is -0.544. The molecule has 1 aromatic carbocycles. The van der Waals surface area contributed by atoms with Crippen LogP contribution in [0.3, 0.4) is 0 Å². The van der Waals surface area contributed by atoms with E-state index in [-0.39, 0.29) is 0 Å². The van der Waals surface area contributed by atoms with Gasteiger partial charge in [0.15, 0.2) is 5.65 Å². The van der Waals surface area contributed by atoms with E-state index in [1.807, 2.05) is 32.2 Å². The predicted molar refractivity (Wildman–Crippen MR) is 130 cm³/mol. The lowest BCUT2D eigenvalue weighted by Gasteiger charge is -2.38. The molecule has 0 saturated carbocycles. The second-order valence-electron chi connectivity index (χ2n) is 8.78. The van der Waals surface area contributed by atoms with Crippen LogP contribution in [0, 0.1) is 13.8 Å². The molecular weight excluding hydrogens is 438 g/mol. The summed E-state index contributed by atoms with van der Waals surface area (Å²) >= 11 is 1.43. The van der Waals surface area contributed by atoms with Crippen molar-refractivity contribution < 1.29 is 9.53 Å². The van der Waals surface area contributed by atoms with Gasteiger partial charge in [0, 0.05) is 30.7 Å². The third-order valence-electron chi connectivity index (χ3n) is 5.95. The Hall–Kier alpha value is -3.24. The van der Waals surface area contributed by atoms with E-state index in [1.165, 1.54) is 11.3 Å². The van der Waals surface area contributed by atoms with Gasteiger partial charge in [0.2, 0.25) is 0 Å². The number of nitrogens with two attached hydrogens (primary N) is 1. The summed E-state index contributed by atoms with van der Waals surface area (Å²) < 4.78 is 8.09. The van der Waals surface area contributed by atoms with E-state index < -0.39 is 5.91 Å². The number of benzene rings is 1. The molecule has 10 heteroatoms. The van der Waals surface area contributed by atoms with Crippen molar-refractivity contribution in [3.63, 3.8) is 0 Å². The maximum absolute atomic E-state index is 12.7. The number of nitrogens with zero attached hydrogens (tertiary/aromatic N) is 5. The van der Waals surface area contributed by atoms with Crippen molar-refractivity contribution in [1.29, 1.82) is 0 Å². The van der Waals surface area contributed by atoms with Crippen molar-refractivity contribution in [3.8, 4) is 16.5 Å². The highest BCUT2D eigenvalue weighted by molar-refractivity contribution is 7.21. The fraction of sp³-hybridized carbons (Fsp3) is 0.391. The highest BCUT2D eigenvalue weighted by Gasteiger charge is 2.28. The number of piperazine rings is 1. The van der Waals surface area contributed by atoms with E-state index in [4.69, 9.17) is 15.6 Å². The van der Waals surface area contributed by atoms with Crippen LogP contribution in [0.5, 0.6) is 5.19 Å². The maximum Gasteiger partial charge on any atom is 0.274 e. The molecule has 172 valence electrons. The van der Waals surface area contributed by atoms with Gasteiger partial charge >= 0.3 is 0 Å². The fourth-order valence-electron chi connectivity index (χ4n) is 4.72. The molecule has 1 fully saturated rings. The number of imidazole rings is 1. The van der Waals surface area contributed by atoms with E-state index >= 15 is 0 Å². The number of primary amides is 1. The van der Waals surface area contributed by atoms with Crippen LogP contribution in [0.1, 0.15) is 35.5 Å². The van der Waals surface area contributed by atoms with Gasteiger partial charge in [-0.05, 0) is 45.4 Å². The van der Waals surface area contributed by atoms with Crippen molar-refractivity contribution in [2.75, 3.05) is 25.1 Å². The number of thiazole rings is 1. The SMILES string of the molecule is COc1nc2c(C(N)=O)c(-c3cc(C)c4nc(C)cn4n3)cc(N3C[C@H](C)N[C@@H](C)C3)c2s1. The minimum Gasteiger partial charge on any atom is -0.473 e. The van der Waals surface area contributed by atoms with Crippen LogP contribution in [0.4, 0.5) is 5.69 Å². The first-order valence-corrected chi connectivity index (χ1v) is 11.7. The number of nitrogens with one attached hydrogen (secondary N) is 1. The molecule has 4 heterocycles. The molecule has 33 heavy (non-hydrogen) atoms. The zero-order chi connectivity index (χ0) is 23.4. The van der Waals surface area contributed by atoms with Crippen molar-refractivity contribution in [1.82, 2.24) is 24.9 Å². The molecule has 2 atom stereocenters. The normalized spacial score (nSPS) is 18.9. The molecule has 1 aliphatic rings. The molecule has 1 aliphatic heterocycles. The van der Waals surface area contributed by atoms with Crippen LogP contribution in [0.15, 0.2) is 18.3 Å². The summed E-state index contributed by atoms with van der Waals surface area (Å²) in [6.07, 6.45) is 1.88. The Kier molecular flexibility index (Phi) is 5.21. The highest BCUT2D eigenvalue weighted by Crippen LogP contribution is 2.42. The van der Waals surface area contributed by atoms with Crippen LogP contribution in [0.2, 0.25) is 0 Å². The lowest BCUT2D eigenvalue weighted by Crippen LogP contribution is -2.54. The van der Waals surface area contributed by atoms with Crippen molar-refractivity contribution in [3.05, 3.63) is 35.2 Å². The lowest BCUT2D eigenvalue weighted by molar-refractivity contribution is 0.100. The van der Waals surface area contributed by atoms with Crippen LogP contribution in [-0.2, 0) is 0 Å². The second kappa shape index (κ2) is 7.96. The molecular formula is C23H27N7O2S. The molecule has 9 nitrogen and oxygen atoms in total. The zero-order valence-electron chi connectivity index (χ0n) is 19.3. The first kappa shape index (κ1) is 21.6. The number of aryl methyl sites for hydroxylation is 2. The minimum absolute atomic E-state index is 0.323. The average Bonchev–Trinajstić information content (AvgIpc) is 3.34. The largest absolute Gasteiger partial charge is 0.473 e. The summed E-state index contributed by atoms with van der Waals surface area (Å²) in [5, 5.41) is 8.85. The molecule has 0 radical (unpaired) electrons. The molecule has 4 aromatic rings. The molecule has 0 unspecified atom stereocenters. The third-order valence-corrected chi connectivity index (χ3v) is 6.99. The number of anilines is 1. The standard InChI is InChI=1S/C23H27N7O2S/c1-11-6-16(28-30-10-14(4)26-22(11)30)15-7-17(29-8-12(2)25-13(3)9-29)20-19(18(15)21(24)31)27-23(32-5)33-20/h6-7,10,12-13,25H,8-9H2,1-5H3,(H2,24,31)/t12-,13-/m0/s1. The van der Waals surface area contributed by atoms with Crippen molar-refractivity contribution in [2.45, 2.75) is 39.8 Å². The number of rotatable bonds is 4. The quantitative estimate of drug-likeness (QED) is 0.477. The summed E-state index contributed by atoms with van der Waals surface area (Å²) in [4.78, 5) is 24.2. The first-order valence-electron chi connectivity index (χ1n) is 10.9. The number of hydrogen-bond donors (Lipinski definition) is 2. The number of carbonyl (C=O) groups is 1. The average molecular weight is 466 g/mol. The fourth-order valence-corrected chi connectivity index (χ4v) is 5.65. The number of hydrogen-bond acceptors (Lipinski definition) is 8. The van der Waals surface area contributed by atoms with Crippen molar-refractivity contribution >= 4 is 38.8 Å². The summed E-state index contributed by atoms with van der Waals surface area (Å²) in [6.45, 7) is 9.93. The molecule has 0 aliphatic carbocycles. The Morgan fingerprint density at radius 2 is 1.94 bits per heavy atom. The van der Waals surface area contributed by atoms with Crippen LogP contribution < -0.4 is 20.7 Å². The Labute approximate surface area is 195 Å². The van der Waals surface area contributed by atoms with E-state index in [1.54, 1.807) is 11.6 Å². The highest BCUT2D eigenvalue weighted by atomic mass is 32.1. The number of aromatic nitrogens is 4. The second-order valence-corrected chi connectivity index (χ2v) is 9.74. The van der Waals surface area contributed by atoms with E-state index in [0.29, 0.717) is 39.6 Å². The van der Waals surface area contributed by atoms with Crippen LogP contribution in [-0.4, -0.2) is 57.8 Å². The molecule has 1 saturated heterocycles. The summed E-state index contributed by atoms with van der Waals surface area (Å²) in [5.41, 5.74) is 11.8. The number of amides is 1. The maximum atomic E-state index is 12.7. The molecule has 0 spiro atoms. The van der Waals surface area contributed by atoms with E-state index in [0.717, 1.165) is 40.4 Å². The van der Waals surface area contributed by atoms with Gasteiger partial charge < -0.3 is 20.7 Å². The van der Waals surface area contributed by atoms with E-state index in [2.05, 4.69) is 34.0 Å². The number of fused-ring (bicyclic) bond motifs is 2. The molecule has 5 rings (SSSR count). The lowest BCUT2D eigenvalue weighted by atomic mass is 9.99. The Balaban J connectivity index is 1.81. The van der Waals surface area contributed by atoms with Gasteiger partial charge in [0.1, 0.15) is 5.52 Å². The molecule has 0 bridgehead atoms. The van der Waals surface area contributed by atoms with Gasteiger partial charge in [-0.25, -0.2) is 14.5 Å². The molecule has 3 N–H and O–H groups in total. The Bertz CT molecular complexity index is 1380. The topological polar surface area (TPSA) is 111 Å². The van der Waals surface area contributed by atoms with Gasteiger partial charge in [0.25, 0.3) is 11.1 Å². The zero-order valence-corrected chi connectivity index (χ0v) is 20.2. The molecule has 3 aromatic heterocycles. The van der Waals surface area contributed by atoms with Gasteiger partial charge in [-0.15, -0.1) is 0 Å². The Morgan fingerprint density at radius 3 is 2.61 bits per heavy atom. The number of carbonyl (C=O) groups excluding carboxylic acids is 1. The van der Waals surface area contributed by atoms with Crippen molar-refractivity contribution in [2.24, 2.45) is 5.73 Å². The van der Waals surface area contributed by atoms with Gasteiger partial charge in [0.05, 0.1) is 40.6 Å². The molecule has 1 amide bonds. The van der Waals surface area contributed by atoms with Crippen LogP contribution in [0.25, 0.3) is 27.1 Å². The van der Waals surface area contributed by atoms with Crippen LogP contribution >= 0.6 is 11.3 Å². The number of methoxy groups -OCH3 is 1. The Morgan fingerprint density at radius 1 is 1.21 bits per heavy atom. The predicted octanol–water partition coefficient (Wildman–Crippen LogP) is 2.92. The number of ether oxygens (including phenoxy) is 1. The van der Waals surface area contributed by atoms with E-state index in [9.17, 15) is 4.79 Å².